The maximum atomic E-state index is 12.7. The van der Waals surface area contributed by atoms with Gasteiger partial charge in [0.25, 0.3) is 5.91 Å². The van der Waals surface area contributed by atoms with Crippen LogP contribution in [0.1, 0.15) is 30.6 Å². The van der Waals surface area contributed by atoms with Gasteiger partial charge in [-0.3, -0.25) is 13.9 Å². The molecule has 10 heteroatoms. The van der Waals surface area contributed by atoms with Gasteiger partial charge in [0.1, 0.15) is 6.54 Å². The average molecular weight is 472 g/mol. The number of para-hydroxylation sites is 1. The van der Waals surface area contributed by atoms with E-state index >= 15 is 0 Å². The first-order valence-electron chi connectivity index (χ1n) is 9.16. The molecule has 162 valence electrons. The van der Waals surface area contributed by atoms with Crippen LogP contribution in [-0.4, -0.2) is 39.1 Å². The topological polar surface area (TPSA) is 95.6 Å². The highest BCUT2D eigenvalue weighted by molar-refractivity contribution is 7.92. The normalized spacial score (nSPS) is 12.2. The fraction of sp³-hybridized carbons (Fsp3) is 0.300. The zero-order valence-corrected chi connectivity index (χ0v) is 19.1. The number of halogens is 2. The van der Waals surface area contributed by atoms with Gasteiger partial charge in [-0.2, -0.15) is 0 Å². The Morgan fingerprint density at radius 2 is 1.77 bits per heavy atom. The number of hydrogen-bond acceptors (Lipinski definition) is 4. The van der Waals surface area contributed by atoms with Crippen molar-refractivity contribution < 1.29 is 18.0 Å². The molecule has 0 radical (unpaired) electrons. The first-order chi connectivity index (χ1) is 14.0. The average Bonchev–Trinajstić information content (AvgIpc) is 2.68. The summed E-state index contributed by atoms with van der Waals surface area (Å²) in [6, 6.07) is 11.0. The maximum absolute atomic E-state index is 12.7. The number of anilines is 2. The monoisotopic (exact) mass is 471 g/mol. The van der Waals surface area contributed by atoms with E-state index in [4.69, 9.17) is 23.2 Å². The molecule has 0 aliphatic carbocycles. The fourth-order valence-electron chi connectivity index (χ4n) is 2.58. The van der Waals surface area contributed by atoms with E-state index in [-0.39, 0.29) is 38.9 Å². The van der Waals surface area contributed by atoms with Gasteiger partial charge in [0.15, 0.2) is 0 Å². The van der Waals surface area contributed by atoms with Crippen molar-refractivity contribution in [3.8, 4) is 0 Å². The first-order valence-corrected chi connectivity index (χ1v) is 11.8. The first kappa shape index (κ1) is 24.0. The van der Waals surface area contributed by atoms with Crippen LogP contribution < -0.4 is 14.9 Å². The smallest absolute Gasteiger partial charge is 0.253 e. The minimum absolute atomic E-state index is 0.0192. The Balaban J connectivity index is 2.27. The lowest BCUT2D eigenvalue weighted by Crippen LogP contribution is -2.38. The molecule has 7 nitrogen and oxygen atoms in total. The van der Waals surface area contributed by atoms with Gasteiger partial charge in [-0.25, -0.2) is 8.42 Å². The van der Waals surface area contributed by atoms with E-state index in [0.717, 1.165) is 17.0 Å². The van der Waals surface area contributed by atoms with Crippen molar-refractivity contribution in [3.63, 3.8) is 0 Å². The second-order valence-corrected chi connectivity index (χ2v) is 9.41. The largest absolute Gasteiger partial charge is 0.350 e. The predicted molar refractivity (Wildman–Crippen MR) is 121 cm³/mol. The van der Waals surface area contributed by atoms with E-state index in [1.165, 1.54) is 18.2 Å². The van der Waals surface area contributed by atoms with E-state index < -0.39 is 22.5 Å². The van der Waals surface area contributed by atoms with Crippen LogP contribution in [0.3, 0.4) is 0 Å². The van der Waals surface area contributed by atoms with Gasteiger partial charge in [0.05, 0.1) is 33.2 Å². The molecule has 2 rings (SSSR count). The molecule has 0 unspecified atom stereocenters. The van der Waals surface area contributed by atoms with E-state index in [1.807, 2.05) is 13.8 Å². The van der Waals surface area contributed by atoms with Gasteiger partial charge in [-0.1, -0.05) is 48.3 Å². The van der Waals surface area contributed by atoms with Gasteiger partial charge in [-0.15, -0.1) is 0 Å². The summed E-state index contributed by atoms with van der Waals surface area (Å²) in [6.07, 6.45) is 1.72. The van der Waals surface area contributed by atoms with Crippen molar-refractivity contribution in [2.24, 2.45) is 0 Å². The van der Waals surface area contributed by atoms with Crippen LogP contribution in [0.15, 0.2) is 42.5 Å². The number of rotatable bonds is 8. The minimum atomic E-state index is -3.84. The second-order valence-electron chi connectivity index (χ2n) is 6.72. The van der Waals surface area contributed by atoms with Gasteiger partial charge < -0.3 is 10.6 Å². The van der Waals surface area contributed by atoms with Crippen molar-refractivity contribution in [2.45, 2.75) is 26.3 Å². The molecule has 0 saturated carbocycles. The summed E-state index contributed by atoms with van der Waals surface area (Å²) in [7, 11) is -3.84. The van der Waals surface area contributed by atoms with Crippen LogP contribution in [0.25, 0.3) is 0 Å². The SMILES string of the molecule is CC[C@H](C)NC(=O)c1ccccc1NC(=O)CN(c1cccc(Cl)c1Cl)S(C)(=O)=O. The standard InChI is InChI=1S/C20H23Cl2N3O4S/c1-4-13(2)23-20(27)14-8-5-6-10-16(14)24-18(26)12-25(30(3,28)29)17-11-7-9-15(21)19(17)22/h5-11,13H,4,12H2,1-3H3,(H,23,27)(H,24,26)/t13-/m0/s1. The number of nitrogens with zero attached hydrogens (tertiary/aromatic N) is 1. The van der Waals surface area contributed by atoms with Gasteiger partial charge >= 0.3 is 0 Å². The molecule has 0 spiro atoms. The highest BCUT2D eigenvalue weighted by atomic mass is 35.5. The number of benzene rings is 2. The lowest BCUT2D eigenvalue weighted by atomic mass is 10.1. The van der Waals surface area contributed by atoms with E-state index in [1.54, 1.807) is 24.3 Å². The molecule has 0 aliphatic heterocycles. The van der Waals surface area contributed by atoms with Crippen LogP contribution in [0.2, 0.25) is 10.0 Å². The molecule has 1 atom stereocenters. The number of nitrogens with one attached hydrogen (secondary N) is 2. The molecule has 0 fully saturated rings. The number of sulfonamides is 1. The third-order valence-electron chi connectivity index (χ3n) is 4.32. The van der Waals surface area contributed by atoms with Crippen molar-refractivity contribution in [2.75, 3.05) is 22.4 Å². The molecule has 2 aromatic carbocycles. The maximum Gasteiger partial charge on any atom is 0.253 e. The summed E-state index contributed by atoms with van der Waals surface area (Å²) in [5.41, 5.74) is 0.636. The number of hydrogen-bond donors (Lipinski definition) is 2. The van der Waals surface area contributed by atoms with Crippen molar-refractivity contribution in [1.29, 1.82) is 0 Å². The Labute approximate surface area is 186 Å². The Morgan fingerprint density at radius 3 is 2.40 bits per heavy atom. The zero-order valence-electron chi connectivity index (χ0n) is 16.8. The molecular weight excluding hydrogens is 449 g/mol. The van der Waals surface area contributed by atoms with Crippen LogP contribution >= 0.6 is 23.2 Å². The molecular formula is C20H23Cl2N3O4S. The van der Waals surface area contributed by atoms with Crippen LogP contribution in [0.5, 0.6) is 0 Å². The summed E-state index contributed by atoms with van der Waals surface area (Å²) in [6.45, 7) is 3.28. The predicted octanol–water partition coefficient (Wildman–Crippen LogP) is 3.93. The summed E-state index contributed by atoms with van der Waals surface area (Å²) >= 11 is 12.1. The second kappa shape index (κ2) is 10.1. The van der Waals surface area contributed by atoms with E-state index in [9.17, 15) is 18.0 Å². The summed E-state index contributed by atoms with van der Waals surface area (Å²) < 4.78 is 25.4. The molecule has 2 aromatic rings. The fourth-order valence-corrected chi connectivity index (χ4v) is 3.89. The molecule has 0 bridgehead atoms. The highest BCUT2D eigenvalue weighted by Crippen LogP contribution is 2.33. The van der Waals surface area contributed by atoms with Crippen LogP contribution in [-0.2, 0) is 14.8 Å². The number of carbonyl (C=O) groups is 2. The molecule has 0 heterocycles. The summed E-state index contributed by atoms with van der Waals surface area (Å²) in [5, 5.41) is 5.62. The van der Waals surface area contributed by atoms with E-state index in [2.05, 4.69) is 10.6 Å². The Morgan fingerprint density at radius 1 is 1.10 bits per heavy atom. The van der Waals surface area contributed by atoms with Crippen molar-refractivity contribution >= 4 is 56.4 Å². The Hall–Kier alpha value is -2.29. The van der Waals surface area contributed by atoms with Crippen LogP contribution in [0, 0.1) is 0 Å². The molecule has 2 amide bonds. The number of amides is 2. The lowest BCUT2D eigenvalue weighted by Gasteiger charge is -2.23. The molecule has 2 N–H and O–H groups in total. The summed E-state index contributed by atoms with van der Waals surface area (Å²) in [5.74, 6) is -0.974. The summed E-state index contributed by atoms with van der Waals surface area (Å²) in [4.78, 5) is 25.2. The highest BCUT2D eigenvalue weighted by Gasteiger charge is 2.24. The Kier molecular flexibility index (Phi) is 8.11. The van der Waals surface area contributed by atoms with Crippen LogP contribution in [0.4, 0.5) is 11.4 Å². The van der Waals surface area contributed by atoms with Gasteiger partial charge in [0, 0.05) is 6.04 Å². The zero-order chi connectivity index (χ0) is 22.5. The Bertz CT molecular complexity index is 1040. The van der Waals surface area contributed by atoms with Gasteiger partial charge in [-0.05, 0) is 37.6 Å². The third kappa shape index (κ3) is 6.10. The van der Waals surface area contributed by atoms with Crippen molar-refractivity contribution in [3.05, 3.63) is 58.1 Å². The molecule has 0 saturated heterocycles. The quantitative estimate of drug-likeness (QED) is 0.609. The minimum Gasteiger partial charge on any atom is -0.350 e. The lowest BCUT2D eigenvalue weighted by molar-refractivity contribution is -0.114. The molecule has 0 aliphatic rings. The van der Waals surface area contributed by atoms with E-state index in [0.29, 0.717) is 0 Å². The third-order valence-corrected chi connectivity index (χ3v) is 6.26. The van der Waals surface area contributed by atoms with Gasteiger partial charge in [0.2, 0.25) is 15.9 Å². The molecule has 0 aromatic heterocycles. The number of carbonyl (C=O) groups excluding carboxylic acids is 2. The van der Waals surface area contributed by atoms with Crippen molar-refractivity contribution in [1.82, 2.24) is 5.32 Å². The molecule has 30 heavy (non-hydrogen) atoms.